The minimum absolute atomic E-state index is 0.369. The molecule has 1 rings (SSSR count). The smallest absolute Gasteiger partial charge is 0.258 e. The lowest BCUT2D eigenvalue weighted by Crippen LogP contribution is -2.02. The van der Waals surface area contributed by atoms with E-state index in [0.717, 1.165) is 6.92 Å². The Balaban J connectivity index is 3.44. The highest BCUT2D eigenvalue weighted by Gasteiger charge is 2.26. The van der Waals surface area contributed by atoms with Crippen LogP contribution in [0.5, 0.6) is 0 Å². The number of pyridine rings is 1. The Morgan fingerprint density at radius 3 is 2.57 bits per heavy atom. The summed E-state index contributed by atoms with van der Waals surface area (Å²) in [5, 5.41) is 10.3. The van der Waals surface area contributed by atoms with Crippen LogP contribution in [0.3, 0.4) is 0 Å². The Morgan fingerprint density at radius 1 is 1.57 bits per heavy atom. The standard InChI is InChI=1S/C7H5F3N2O2/c1-3-6(7(9)10)4(12(13)14)2-5(8)11-3/h2,7H,1H3. The molecule has 0 radical (unpaired) electrons. The van der Waals surface area contributed by atoms with E-state index >= 15 is 0 Å². The zero-order valence-corrected chi connectivity index (χ0v) is 7.00. The lowest BCUT2D eigenvalue weighted by molar-refractivity contribution is -0.386. The maximum atomic E-state index is 12.6. The molecule has 0 saturated heterocycles. The molecule has 0 aliphatic heterocycles. The molecule has 4 nitrogen and oxygen atoms in total. The van der Waals surface area contributed by atoms with Gasteiger partial charge in [0.05, 0.1) is 16.7 Å². The van der Waals surface area contributed by atoms with E-state index in [9.17, 15) is 23.3 Å². The molecule has 1 heterocycles. The summed E-state index contributed by atoms with van der Waals surface area (Å²) in [5.74, 6) is -1.14. The van der Waals surface area contributed by atoms with Crippen LogP contribution in [0.1, 0.15) is 17.7 Å². The predicted molar refractivity (Wildman–Crippen MR) is 40.5 cm³/mol. The highest BCUT2D eigenvalue weighted by atomic mass is 19.3. The second-order valence-corrected chi connectivity index (χ2v) is 2.52. The Bertz CT molecular complexity index is 381. The SMILES string of the molecule is Cc1nc(F)cc([N+](=O)[O-])c1C(F)F. The second kappa shape index (κ2) is 3.60. The third kappa shape index (κ3) is 1.81. The minimum Gasteiger partial charge on any atom is -0.258 e. The minimum atomic E-state index is -3.04. The van der Waals surface area contributed by atoms with Crippen molar-refractivity contribution >= 4 is 5.69 Å². The molecule has 0 unspecified atom stereocenters. The van der Waals surface area contributed by atoms with Crippen molar-refractivity contribution in [3.8, 4) is 0 Å². The first-order chi connectivity index (χ1) is 6.43. The third-order valence-corrected chi connectivity index (χ3v) is 1.61. The molecule has 0 fully saturated rings. The normalized spacial score (nSPS) is 10.6. The van der Waals surface area contributed by atoms with Gasteiger partial charge in [0, 0.05) is 0 Å². The van der Waals surface area contributed by atoms with Crippen molar-refractivity contribution in [2.24, 2.45) is 0 Å². The van der Waals surface area contributed by atoms with E-state index in [4.69, 9.17) is 0 Å². The average Bonchev–Trinajstić information content (AvgIpc) is 2.01. The summed E-state index contributed by atoms with van der Waals surface area (Å²) in [7, 11) is 0. The molecule has 0 spiro atoms. The third-order valence-electron chi connectivity index (χ3n) is 1.61. The lowest BCUT2D eigenvalue weighted by atomic mass is 10.2. The highest BCUT2D eigenvalue weighted by molar-refractivity contribution is 5.42. The summed E-state index contributed by atoms with van der Waals surface area (Å²) < 4.78 is 37.2. The monoisotopic (exact) mass is 206 g/mol. The van der Waals surface area contributed by atoms with Gasteiger partial charge in [-0.3, -0.25) is 10.1 Å². The van der Waals surface area contributed by atoms with Crippen LogP contribution < -0.4 is 0 Å². The van der Waals surface area contributed by atoms with Crippen LogP contribution in [0.15, 0.2) is 6.07 Å². The van der Waals surface area contributed by atoms with Gasteiger partial charge in [0.2, 0.25) is 5.95 Å². The van der Waals surface area contributed by atoms with Crippen molar-refractivity contribution in [2.75, 3.05) is 0 Å². The van der Waals surface area contributed by atoms with Crippen molar-refractivity contribution in [1.82, 2.24) is 4.98 Å². The molecule has 0 aliphatic rings. The highest BCUT2D eigenvalue weighted by Crippen LogP contribution is 2.30. The van der Waals surface area contributed by atoms with Crippen LogP contribution in [0, 0.1) is 23.0 Å². The summed E-state index contributed by atoms with van der Waals surface area (Å²) in [4.78, 5) is 12.3. The molecule has 0 N–H and O–H groups in total. The number of aromatic nitrogens is 1. The molecule has 14 heavy (non-hydrogen) atoms. The Hall–Kier alpha value is -1.66. The Morgan fingerprint density at radius 2 is 2.14 bits per heavy atom. The number of rotatable bonds is 2. The molecule has 0 bridgehead atoms. The van der Waals surface area contributed by atoms with Crippen molar-refractivity contribution in [3.63, 3.8) is 0 Å². The molecule has 0 saturated carbocycles. The number of halogens is 3. The van der Waals surface area contributed by atoms with Gasteiger partial charge in [-0.05, 0) is 6.92 Å². The quantitative estimate of drug-likeness (QED) is 0.424. The zero-order chi connectivity index (χ0) is 10.9. The van der Waals surface area contributed by atoms with Gasteiger partial charge in [-0.1, -0.05) is 0 Å². The fourth-order valence-electron chi connectivity index (χ4n) is 1.05. The number of alkyl halides is 2. The van der Waals surface area contributed by atoms with Crippen LogP contribution in [0.2, 0.25) is 0 Å². The van der Waals surface area contributed by atoms with Crippen LogP contribution in [0.4, 0.5) is 18.9 Å². The fraction of sp³-hybridized carbons (Fsp3) is 0.286. The summed E-state index contributed by atoms with van der Waals surface area (Å²) in [5.41, 5.74) is -2.15. The zero-order valence-electron chi connectivity index (χ0n) is 7.00. The maximum absolute atomic E-state index is 12.6. The first kappa shape index (κ1) is 10.4. The molecule has 0 amide bonds. The summed E-state index contributed by atoms with van der Waals surface area (Å²) in [6, 6.07) is 0.383. The molecule has 76 valence electrons. The van der Waals surface area contributed by atoms with Gasteiger partial charge in [0.25, 0.3) is 12.1 Å². The predicted octanol–water partition coefficient (Wildman–Crippen LogP) is 2.37. The number of hydrogen-bond donors (Lipinski definition) is 0. The number of nitrogens with zero attached hydrogens (tertiary/aromatic N) is 2. The summed E-state index contributed by atoms with van der Waals surface area (Å²) in [6.07, 6.45) is -3.04. The lowest BCUT2D eigenvalue weighted by Gasteiger charge is -2.04. The fourth-order valence-corrected chi connectivity index (χ4v) is 1.05. The number of hydrogen-bond acceptors (Lipinski definition) is 3. The molecule has 7 heteroatoms. The Labute approximate surface area is 76.5 Å². The van der Waals surface area contributed by atoms with Gasteiger partial charge >= 0.3 is 0 Å². The van der Waals surface area contributed by atoms with E-state index in [1.165, 1.54) is 0 Å². The molecule has 0 aliphatic carbocycles. The van der Waals surface area contributed by atoms with Crippen LogP contribution in [-0.4, -0.2) is 9.91 Å². The van der Waals surface area contributed by atoms with Crippen molar-refractivity contribution in [1.29, 1.82) is 0 Å². The van der Waals surface area contributed by atoms with Crippen LogP contribution >= 0.6 is 0 Å². The van der Waals surface area contributed by atoms with E-state index < -0.39 is 28.5 Å². The Kier molecular flexibility index (Phi) is 2.68. The van der Waals surface area contributed by atoms with Gasteiger partial charge in [-0.25, -0.2) is 13.8 Å². The first-order valence-corrected chi connectivity index (χ1v) is 3.53. The van der Waals surface area contributed by atoms with E-state index in [1.54, 1.807) is 0 Å². The summed E-state index contributed by atoms with van der Waals surface area (Å²) in [6.45, 7) is 1.09. The van der Waals surface area contributed by atoms with Gasteiger partial charge in [0.15, 0.2) is 0 Å². The van der Waals surface area contributed by atoms with Crippen molar-refractivity contribution < 1.29 is 18.1 Å². The van der Waals surface area contributed by atoms with Gasteiger partial charge in [-0.2, -0.15) is 4.39 Å². The number of aryl methyl sites for hydroxylation is 1. The van der Waals surface area contributed by atoms with Crippen molar-refractivity contribution in [2.45, 2.75) is 13.3 Å². The molecule has 1 aromatic heterocycles. The summed E-state index contributed by atoms with van der Waals surface area (Å²) >= 11 is 0. The largest absolute Gasteiger partial charge is 0.284 e. The van der Waals surface area contributed by atoms with E-state index in [-0.39, 0.29) is 5.69 Å². The van der Waals surface area contributed by atoms with Gasteiger partial charge in [0.1, 0.15) is 5.56 Å². The van der Waals surface area contributed by atoms with Crippen LogP contribution in [0.25, 0.3) is 0 Å². The molecule has 0 atom stereocenters. The van der Waals surface area contributed by atoms with Gasteiger partial charge in [-0.15, -0.1) is 0 Å². The van der Waals surface area contributed by atoms with Gasteiger partial charge < -0.3 is 0 Å². The second-order valence-electron chi connectivity index (χ2n) is 2.52. The van der Waals surface area contributed by atoms with Crippen LogP contribution in [-0.2, 0) is 0 Å². The van der Waals surface area contributed by atoms with Crippen molar-refractivity contribution in [3.05, 3.63) is 33.4 Å². The molecular formula is C7H5F3N2O2. The van der Waals surface area contributed by atoms with E-state index in [0.29, 0.717) is 6.07 Å². The molecule has 0 aromatic carbocycles. The molecule has 1 aromatic rings. The maximum Gasteiger partial charge on any atom is 0.284 e. The number of nitro groups is 1. The average molecular weight is 206 g/mol. The molecular weight excluding hydrogens is 201 g/mol. The topological polar surface area (TPSA) is 56.0 Å². The first-order valence-electron chi connectivity index (χ1n) is 3.53. The van der Waals surface area contributed by atoms with E-state index in [2.05, 4.69) is 4.98 Å². The van der Waals surface area contributed by atoms with E-state index in [1.807, 2.05) is 0 Å².